The Morgan fingerprint density at radius 2 is 1.82 bits per heavy atom. The van der Waals surface area contributed by atoms with Gasteiger partial charge in [0.25, 0.3) is 0 Å². The molecule has 2 aliphatic carbocycles. The van der Waals surface area contributed by atoms with E-state index in [1.807, 2.05) is 37.3 Å². The van der Waals surface area contributed by atoms with Crippen molar-refractivity contribution in [3.05, 3.63) is 53.6 Å². The van der Waals surface area contributed by atoms with Crippen LogP contribution < -0.4 is 5.32 Å². The van der Waals surface area contributed by atoms with E-state index < -0.39 is 17.7 Å². The molecule has 3 aliphatic rings. The second-order valence-electron chi connectivity index (χ2n) is 14.1. The molecule has 1 aliphatic heterocycles. The average Bonchev–Trinajstić information content (AvgIpc) is 3.67. The van der Waals surface area contributed by atoms with Gasteiger partial charge in [0.2, 0.25) is 5.91 Å². The Balaban J connectivity index is 1.36. The zero-order valence-electron chi connectivity index (χ0n) is 27.7. The number of nitrogens with zero attached hydrogens (tertiary/aromatic N) is 3. The minimum Gasteiger partial charge on any atom is -0.370 e. The number of carbonyl (C=O) groups excluding carboxylic acids is 3. The number of hydrogen-bond acceptors (Lipinski definition) is 5. The molecule has 5 atom stereocenters. The molecule has 1 aromatic heterocycles. The third-order valence-corrected chi connectivity index (χ3v) is 10.4. The fourth-order valence-corrected chi connectivity index (χ4v) is 7.54. The molecule has 3 unspecified atom stereocenters. The first-order valence-corrected chi connectivity index (χ1v) is 17.2. The van der Waals surface area contributed by atoms with Crippen LogP contribution in [-0.4, -0.2) is 75.4 Å². The monoisotopic (exact) mass is 619 g/mol. The standard InChI is InChI=1S/C36H53N5O4/c1-25(2)20-30(33(42)36(45-4)16-11-6-5-10-14-28-22-29(28)15-17-36)39-35(44)41-19-18-40(23-31-26(3)37-24-38-31)34(43)32(41)21-27-12-8-7-9-13-27/h7-9,12-13,24-25,28-30,32H,5-6,10-11,14-23H2,1-4H3,(H,37,38)(H,39,44)/t28?,29?,30-,32-,36?/m0/s1. The summed E-state index contributed by atoms with van der Waals surface area (Å²) in [5, 5.41) is 3.15. The van der Waals surface area contributed by atoms with E-state index in [9.17, 15) is 14.4 Å². The minimum atomic E-state index is -0.899. The Morgan fingerprint density at radius 3 is 2.53 bits per heavy atom. The van der Waals surface area contributed by atoms with Crippen molar-refractivity contribution in [2.75, 3.05) is 20.2 Å². The van der Waals surface area contributed by atoms with E-state index in [4.69, 9.17) is 4.74 Å². The molecule has 0 radical (unpaired) electrons. The van der Waals surface area contributed by atoms with Crippen molar-refractivity contribution in [1.82, 2.24) is 25.1 Å². The summed E-state index contributed by atoms with van der Waals surface area (Å²) in [5.41, 5.74) is 1.84. The summed E-state index contributed by atoms with van der Waals surface area (Å²) in [5.74, 6) is 1.56. The van der Waals surface area contributed by atoms with Crippen molar-refractivity contribution in [1.29, 1.82) is 0 Å². The molecule has 1 saturated heterocycles. The highest BCUT2D eigenvalue weighted by Gasteiger charge is 2.46. The Kier molecular flexibility index (Phi) is 11.0. The molecule has 1 aromatic carbocycles. The third kappa shape index (κ3) is 8.15. The van der Waals surface area contributed by atoms with Crippen molar-refractivity contribution in [2.45, 2.75) is 116 Å². The molecule has 246 valence electrons. The lowest BCUT2D eigenvalue weighted by molar-refractivity contribution is -0.146. The van der Waals surface area contributed by atoms with Gasteiger partial charge in [-0.1, -0.05) is 76.3 Å². The maximum atomic E-state index is 14.5. The van der Waals surface area contributed by atoms with E-state index in [2.05, 4.69) is 29.1 Å². The van der Waals surface area contributed by atoms with Crippen LogP contribution in [0.1, 0.15) is 95.0 Å². The van der Waals surface area contributed by atoms with Gasteiger partial charge in [0.15, 0.2) is 5.78 Å². The number of aromatic nitrogens is 2. The van der Waals surface area contributed by atoms with Crippen LogP contribution in [0.5, 0.6) is 0 Å². The molecule has 3 fully saturated rings. The van der Waals surface area contributed by atoms with Gasteiger partial charge in [-0.2, -0.15) is 0 Å². The molecular formula is C36H53N5O4. The highest BCUT2D eigenvalue weighted by molar-refractivity contribution is 5.96. The van der Waals surface area contributed by atoms with Gasteiger partial charge in [0.05, 0.1) is 24.6 Å². The molecule has 0 spiro atoms. The summed E-state index contributed by atoms with van der Waals surface area (Å²) in [6, 6.07) is 8.09. The number of aryl methyl sites for hydroxylation is 1. The molecule has 9 heteroatoms. The van der Waals surface area contributed by atoms with Crippen LogP contribution >= 0.6 is 0 Å². The number of piperazine rings is 1. The molecule has 2 N–H and O–H groups in total. The van der Waals surface area contributed by atoms with Gasteiger partial charge in [-0.25, -0.2) is 9.78 Å². The van der Waals surface area contributed by atoms with Gasteiger partial charge in [-0.15, -0.1) is 0 Å². The van der Waals surface area contributed by atoms with Crippen LogP contribution in [0.3, 0.4) is 0 Å². The topological polar surface area (TPSA) is 108 Å². The number of methoxy groups -OCH3 is 1. The Morgan fingerprint density at radius 1 is 1.07 bits per heavy atom. The first kappa shape index (κ1) is 33.2. The number of H-pyrrole nitrogens is 1. The Bertz CT molecular complexity index is 1300. The van der Waals surface area contributed by atoms with Gasteiger partial charge >= 0.3 is 6.03 Å². The summed E-state index contributed by atoms with van der Waals surface area (Å²) in [4.78, 5) is 53.6. The lowest BCUT2D eigenvalue weighted by Gasteiger charge is -2.42. The number of fused-ring (bicyclic) bond motifs is 1. The fourth-order valence-electron chi connectivity index (χ4n) is 7.54. The highest BCUT2D eigenvalue weighted by atomic mass is 16.5. The van der Waals surface area contributed by atoms with Crippen LogP contribution in [0.15, 0.2) is 36.7 Å². The van der Waals surface area contributed by atoms with E-state index in [0.717, 1.165) is 42.1 Å². The first-order chi connectivity index (χ1) is 21.7. The molecule has 2 heterocycles. The number of amides is 3. The van der Waals surface area contributed by atoms with Gasteiger partial charge in [-0.05, 0) is 62.3 Å². The van der Waals surface area contributed by atoms with Crippen LogP contribution in [0.25, 0.3) is 0 Å². The summed E-state index contributed by atoms with van der Waals surface area (Å²) in [6.45, 7) is 7.27. The van der Waals surface area contributed by atoms with E-state index in [1.54, 1.807) is 23.2 Å². The van der Waals surface area contributed by atoms with Crippen LogP contribution in [0, 0.1) is 24.7 Å². The van der Waals surface area contributed by atoms with Crippen LogP contribution in [0.2, 0.25) is 0 Å². The van der Waals surface area contributed by atoms with Gasteiger partial charge in [-0.3, -0.25) is 9.59 Å². The second-order valence-corrected chi connectivity index (χ2v) is 14.1. The Hall–Kier alpha value is -3.20. The number of hydrogen-bond donors (Lipinski definition) is 2. The molecule has 45 heavy (non-hydrogen) atoms. The lowest BCUT2D eigenvalue weighted by Crippen LogP contribution is -2.63. The number of imidazole rings is 1. The number of nitrogens with one attached hydrogen (secondary N) is 2. The van der Waals surface area contributed by atoms with Crippen molar-refractivity contribution in [2.24, 2.45) is 17.8 Å². The quantitative estimate of drug-likeness (QED) is 0.348. The SMILES string of the molecule is COC1(C(=O)[C@H](CC(C)C)NC(=O)N2CCN(Cc3nc[nH]c3C)C(=O)[C@@H]2Cc2ccccc2)CCCCCCC2CC2CC1. The third-order valence-electron chi connectivity index (χ3n) is 10.4. The number of urea groups is 1. The molecule has 5 rings (SSSR count). The van der Waals surface area contributed by atoms with Gasteiger partial charge in [0, 0.05) is 32.3 Å². The zero-order valence-corrected chi connectivity index (χ0v) is 27.7. The van der Waals surface area contributed by atoms with Crippen LogP contribution in [0.4, 0.5) is 4.79 Å². The van der Waals surface area contributed by atoms with Gasteiger partial charge < -0.3 is 24.8 Å². The van der Waals surface area contributed by atoms with E-state index >= 15 is 0 Å². The largest absolute Gasteiger partial charge is 0.370 e. The van der Waals surface area contributed by atoms with E-state index in [-0.39, 0.29) is 23.6 Å². The summed E-state index contributed by atoms with van der Waals surface area (Å²) in [7, 11) is 1.67. The minimum absolute atomic E-state index is 0.0120. The number of carbonyl (C=O) groups is 3. The molecular weight excluding hydrogens is 566 g/mol. The maximum absolute atomic E-state index is 14.5. The van der Waals surface area contributed by atoms with Crippen molar-refractivity contribution in [3.8, 4) is 0 Å². The van der Waals surface area contributed by atoms with Crippen molar-refractivity contribution in [3.63, 3.8) is 0 Å². The van der Waals surface area contributed by atoms with Gasteiger partial charge in [0.1, 0.15) is 11.6 Å². The smallest absolute Gasteiger partial charge is 0.318 e. The number of ketones is 1. The van der Waals surface area contributed by atoms with Crippen LogP contribution in [-0.2, 0) is 27.3 Å². The summed E-state index contributed by atoms with van der Waals surface area (Å²) in [6.07, 6.45) is 12.0. The Labute approximate surface area is 268 Å². The number of benzene rings is 1. The van der Waals surface area contributed by atoms with Crippen molar-refractivity contribution >= 4 is 17.7 Å². The first-order valence-electron chi connectivity index (χ1n) is 17.2. The van der Waals surface area contributed by atoms with E-state index in [0.29, 0.717) is 51.2 Å². The lowest BCUT2D eigenvalue weighted by atomic mass is 9.81. The molecule has 2 saturated carbocycles. The number of rotatable bonds is 10. The van der Waals surface area contributed by atoms with Crippen molar-refractivity contribution < 1.29 is 19.1 Å². The normalized spacial score (nSPS) is 26.6. The molecule has 0 bridgehead atoms. The summed E-state index contributed by atoms with van der Waals surface area (Å²) >= 11 is 0. The average molecular weight is 620 g/mol. The number of ether oxygens (including phenoxy) is 1. The number of Topliss-reactive ketones (excluding diaryl/α,β-unsaturated/α-hetero) is 1. The zero-order chi connectivity index (χ0) is 32.0. The maximum Gasteiger partial charge on any atom is 0.318 e. The fraction of sp³-hybridized carbons (Fsp3) is 0.667. The summed E-state index contributed by atoms with van der Waals surface area (Å²) < 4.78 is 6.18. The molecule has 3 amide bonds. The molecule has 9 nitrogen and oxygen atoms in total. The predicted octanol–water partition coefficient (Wildman–Crippen LogP) is 5.82. The molecule has 2 aromatic rings. The highest BCUT2D eigenvalue weighted by Crippen LogP contribution is 2.47. The second kappa shape index (κ2) is 14.9. The predicted molar refractivity (Wildman–Crippen MR) is 174 cm³/mol. The number of aromatic amines is 1. The van der Waals surface area contributed by atoms with E-state index in [1.165, 1.54) is 25.7 Å².